The summed E-state index contributed by atoms with van der Waals surface area (Å²) in [5.41, 5.74) is 6.46. The van der Waals surface area contributed by atoms with Gasteiger partial charge in [-0.05, 0) is 61.6 Å². The van der Waals surface area contributed by atoms with Crippen LogP contribution in [0.4, 0.5) is 4.79 Å². The molecule has 6 rings (SSSR count). The van der Waals surface area contributed by atoms with Gasteiger partial charge in [-0.3, -0.25) is 24.0 Å². The fraction of sp³-hybridized carbons (Fsp3) is 0.613. The third-order valence-corrected chi connectivity index (χ3v) is 12.6. The van der Waals surface area contributed by atoms with Crippen molar-refractivity contribution in [2.75, 3.05) is 6.54 Å². The zero-order chi connectivity index (χ0) is 32.3. The maximum absolute atomic E-state index is 14.1. The SMILES string of the molecule is C=C[C@@H]1C[C@]1(NC(=O)[C@@H]1C[C@@H](C2c3cccc(Cl)c3CN2C(=O)O)CN1C(=O)C(N)C1CCCCC1)C(=O)NS(=O)(=O)C1CC1. The Morgan fingerprint density at radius 3 is 2.44 bits per heavy atom. The Morgan fingerprint density at radius 2 is 1.82 bits per heavy atom. The zero-order valence-electron chi connectivity index (χ0n) is 25.0. The Labute approximate surface area is 267 Å². The summed E-state index contributed by atoms with van der Waals surface area (Å²) in [5.74, 6) is -2.82. The summed E-state index contributed by atoms with van der Waals surface area (Å²) >= 11 is 6.45. The van der Waals surface area contributed by atoms with Crippen molar-refractivity contribution in [3.63, 3.8) is 0 Å². The van der Waals surface area contributed by atoms with Crippen LogP contribution >= 0.6 is 11.6 Å². The molecule has 45 heavy (non-hydrogen) atoms. The number of fused-ring (bicyclic) bond motifs is 1. The van der Waals surface area contributed by atoms with Gasteiger partial charge < -0.3 is 21.1 Å². The first-order valence-electron chi connectivity index (χ1n) is 15.7. The van der Waals surface area contributed by atoms with E-state index in [1.54, 1.807) is 12.1 Å². The fourth-order valence-corrected chi connectivity index (χ4v) is 9.25. The third kappa shape index (κ3) is 5.83. The van der Waals surface area contributed by atoms with Gasteiger partial charge in [-0.1, -0.05) is 49.1 Å². The number of nitrogens with one attached hydrogen (secondary N) is 2. The first-order chi connectivity index (χ1) is 21.4. The molecule has 2 heterocycles. The molecule has 0 aromatic heterocycles. The molecule has 0 bridgehead atoms. The molecule has 244 valence electrons. The van der Waals surface area contributed by atoms with Crippen LogP contribution in [-0.2, 0) is 31.0 Å². The topological polar surface area (TPSA) is 179 Å². The summed E-state index contributed by atoms with van der Waals surface area (Å²) in [4.78, 5) is 56.6. The molecule has 5 aliphatic rings. The van der Waals surface area contributed by atoms with Gasteiger partial charge in [0.25, 0.3) is 5.91 Å². The number of nitrogens with two attached hydrogens (primary N) is 1. The van der Waals surface area contributed by atoms with Crippen molar-refractivity contribution in [1.29, 1.82) is 0 Å². The average Bonchev–Trinajstić information content (AvgIpc) is 3.91. The van der Waals surface area contributed by atoms with Crippen molar-refractivity contribution in [2.24, 2.45) is 23.5 Å². The maximum Gasteiger partial charge on any atom is 0.408 e. The quantitative estimate of drug-likeness (QED) is 0.292. The lowest BCUT2D eigenvalue weighted by Gasteiger charge is -2.33. The molecule has 14 heteroatoms. The molecule has 0 radical (unpaired) electrons. The van der Waals surface area contributed by atoms with Gasteiger partial charge in [0.05, 0.1) is 23.9 Å². The average molecular weight is 662 g/mol. The molecule has 1 saturated heterocycles. The number of benzene rings is 1. The van der Waals surface area contributed by atoms with E-state index in [1.165, 1.54) is 15.9 Å². The Bertz CT molecular complexity index is 1530. The van der Waals surface area contributed by atoms with Crippen molar-refractivity contribution in [2.45, 2.75) is 93.2 Å². The van der Waals surface area contributed by atoms with Gasteiger partial charge in [0, 0.05) is 23.4 Å². The zero-order valence-corrected chi connectivity index (χ0v) is 26.6. The van der Waals surface area contributed by atoms with Crippen LogP contribution in [0, 0.1) is 17.8 Å². The van der Waals surface area contributed by atoms with E-state index in [0.717, 1.165) is 37.7 Å². The normalized spacial score (nSPS) is 30.4. The minimum Gasteiger partial charge on any atom is -0.465 e. The molecular formula is C31H40ClN5O7S. The Morgan fingerprint density at radius 1 is 1.11 bits per heavy atom. The predicted octanol–water partition coefficient (Wildman–Crippen LogP) is 2.67. The Balaban J connectivity index is 1.29. The predicted molar refractivity (Wildman–Crippen MR) is 165 cm³/mol. The van der Waals surface area contributed by atoms with Crippen LogP contribution in [0.15, 0.2) is 30.9 Å². The molecule has 3 saturated carbocycles. The van der Waals surface area contributed by atoms with E-state index in [-0.39, 0.29) is 37.8 Å². The van der Waals surface area contributed by atoms with E-state index in [2.05, 4.69) is 16.6 Å². The van der Waals surface area contributed by atoms with Crippen LogP contribution in [0.1, 0.15) is 75.0 Å². The van der Waals surface area contributed by atoms with Gasteiger partial charge in [-0.25, -0.2) is 13.2 Å². The number of carbonyl (C=O) groups is 4. The summed E-state index contributed by atoms with van der Waals surface area (Å²) in [5, 5.41) is 12.7. The van der Waals surface area contributed by atoms with Crippen molar-refractivity contribution in [1.82, 2.24) is 19.8 Å². The van der Waals surface area contributed by atoms with E-state index in [9.17, 15) is 32.7 Å². The molecule has 1 aromatic carbocycles. The second kappa shape index (κ2) is 11.9. The van der Waals surface area contributed by atoms with Crippen molar-refractivity contribution in [3.8, 4) is 0 Å². The second-order valence-electron chi connectivity index (χ2n) is 13.3. The molecule has 2 aliphatic heterocycles. The highest BCUT2D eigenvalue weighted by atomic mass is 35.5. The summed E-state index contributed by atoms with van der Waals surface area (Å²) in [6.45, 7) is 3.91. The lowest BCUT2D eigenvalue weighted by atomic mass is 9.83. The van der Waals surface area contributed by atoms with E-state index >= 15 is 0 Å². The molecule has 6 atom stereocenters. The molecule has 3 aliphatic carbocycles. The lowest BCUT2D eigenvalue weighted by Crippen LogP contribution is -2.58. The highest BCUT2D eigenvalue weighted by molar-refractivity contribution is 7.91. The molecule has 4 amide bonds. The van der Waals surface area contributed by atoms with Crippen LogP contribution in [0.2, 0.25) is 5.02 Å². The number of hydrogen-bond acceptors (Lipinski definition) is 7. The first kappa shape index (κ1) is 31.8. The highest BCUT2D eigenvalue weighted by Gasteiger charge is 2.62. The van der Waals surface area contributed by atoms with E-state index < -0.39 is 68.7 Å². The molecule has 0 spiro atoms. The highest BCUT2D eigenvalue weighted by Crippen LogP contribution is 2.48. The van der Waals surface area contributed by atoms with E-state index in [4.69, 9.17) is 17.3 Å². The smallest absolute Gasteiger partial charge is 0.408 e. The number of amides is 4. The van der Waals surface area contributed by atoms with Crippen molar-refractivity contribution < 1.29 is 32.7 Å². The van der Waals surface area contributed by atoms with E-state index in [1.807, 2.05) is 6.07 Å². The van der Waals surface area contributed by atoms with Gasteiger partial charge in [0.2, 0.25) is 21.8 Å². The minimum absolute atomic E-state index is 0.0335. The molecule has 1 aromatic rings. The molecule has 4 fully saturated rings. The van der Waals surface area contributed by atoms with Crippen molar-refractivity contribution >= 4 is 45.4 Å². The minimum atomic E-state index is -3.87. The summed E-state index contributed by atoms with van der Waals surface area (Å²) in [7, 11) is -3.87. The maximum atomic E-state index is 14.1. The molecule has 2 unspecified atom stereocenters. The van der Waals surface area contributed by atoms with E-state index in [0.29, 0.717) is 23.4 Å². The number of carboxylic acid groups (broad SMARTS) is 1. The van der Waals surface area contributed by atoms with Gasteiger partial charge in [0.15, 0.2) is 0 Å². The number of halogens is 1. The summed E-state index contributed by atoms with van der Waals surface area (Å²) in [6.07, 6.45) is 6.22. The van der Waals surface area contributed by atoms with Crippen molar-refractivity contribution in [3.05, 3.63) is 47.0 Å². The largest absolute Gasteiger partial charge is 0.465 e. The Kier molecular flexibility index (Phi) is 8.40. The second-order valence-corrected chi connectivity index (χ2v) is 15.6. The summed E-state index contributed by atoms with van der Waals surface area (Å²) in [6, 6.07) is 2.74. The van der Waals surface area contributed by atoms with Crippen LogP contribution in [-0.4, -0.2) is 76.6 Å². The monoisotopic (exact) mass is 661 g/mol. The number of nitrogens with zero attached hydrogens (tertiary/aromatic N) is 2. The number of rotatable bonds is 9. The Hall–Kier alpha value is -3.16. The first-order valence-corrected chi connectivity index (χ1v) is 17.6. The van der Waals surface area contributed by atoms with Gasteiger partial charge >= 0.3 is 6.09 Å². The standard InChI is InChI=1S/C31H40ClN5O7S/c1-2-19-14-31(19,29(40)35-45(43,44)20-11-12-20)34-27(38)24-13-18(15-36(24)28(39)25(33)17-7-4-3-5-8-17)26-21-9-6-10-23(32)22(21)16-37(26)30(41)42/h2,6,9-10,17-20,24-26H,1,3-5,7-8,11-16,33H2,(H,34,38)(H,35,40)(H,41,42)/t18-,19-,24+,25?,26?,31-/m1/s1. The van der Waals surface area contributed by atoms with Gasteiger partial charge in [-0.2, -0.15) is 0 Å². The fourth-order valence-electron chi connectivity index (χ4n) is 7.65. The molecule has 5 N–H and O–H groups in total. The van der Waals surface area contributed by atoms with Crippen LogP contribution < -0.4 is 15.8 Å². The van der Waals surface area contributed by atoms with Gasteiger partial charge in [-0.15, -0.1) is 6.58 Å². The van der Waals surface area contributed by atoms with Crippen LogP contribution in [0.25, 0.3) is 0 Å². The number of likely N-dealkylation sites (tertiary alicyclic amines) is 1. The number of sulfonamides is 1. The van der Waals surface area contributed by atoms with Crippen LogP contribution in [0.5, 0.6) is 0 Å². The lowest BCUT2D eigenvalue weighted by molar-refractivity contribution is -0.141. The van der Waals surface area contributed by atoms with Gasteiger partial charge in [0.1, 0.15) is 11.6 Å². The molecular weight excluding hydrogens is 622 g/mol. The number of carbonyl (C=O) groups excluding carboxylic acids is 3. The molecule has 12 nitrogen and oxygen atoms in total. The van der Waals surface area contributed by atoms with Crippen LogP contribution in [0.3, 0.4) is 0 Å². The third-order valence-electron chi connectivity index (χ3n) is 10.4. The number of hydrogen-bond donors (Lipinski definition) is 4. The summed E-state index contributed by atoms with van der Waals surface area (Å²) < 4.78 is 27.3.